The van der Waals surface area contributed by atoms with Crippen LogP contribution >= 0.6 is 0 Å². The van der Waals surface area contributed by atoms with Gasteiger partial charge in [0.1, 0.15) is 0 Å². The lowest BCUT2D eigenvalue weighted by Crippen LogP contribution is -2.71. The molecule has 76 heavy (non-hydrogen) atoms. The van der Waals surface area contributed by atoms with Crippen LogP contribution in [0.2, 0.25) is 0 Å². The zero-order valence-corrected chi connectivity index (χ0v) is 31.7. The molecule has 6 atom stereocenters. The van der Waals surface area contributed by atoms with E-state index < -0.39 is 133 Å². The molecule has 8 nitrogen and oxygen atoms in total. The first-order valence-electron chi connectivity index (χ1n) is 15.2. The summed E-state index contributed by atoms with van der Waals surface area (Å²) < 4.78 is 621. The number of halogens is 46. The maximum Gasteiger partial charge on any atom is 0.480 e. The Morgan fingerprint density at radius 2 is 0.289 bits per heavy atom. The highest BCUT2D eigenvalue weighted by molar-refractivity contribution is 4.99. The molecule has 6 unspecified atom stereocenters. The van der Waals surface area contributed by atoms with Gasteiger partial charge >= 0.3 is 133 Å². The predicted molar refractivity (Wildman–Crippen MR) is 120 cm³/mol. The number of hydrogen-bond acceptors (Lipinski definition) is 8. The van der Waals surface area contributed by atoms with Crippen molar-refractivity contribution in [1.82, 2.24) is 0 Å². The van der Waals surface area contributed by atoms with Gasteiger partial charge in [0, 0.05) is 0 Å². The van der Waals surface area contributed by atoms with Crippen LogP contribution in [0.25, 0.3) is 0 Å². The maximum atomic E-state index is 14.6. The normalized spacial score (nSPS) is 20.8. The summed E-state index contributed by atoms with van der Waals surface area (Å²) in [6.07, 6.45) is -127. The Labute approximate surface area is 375 Å². The smallest absolute Gasteiger partial charge is 0.263 e. The van der Waals surface area contributed by atoms with Gasteiger partial charge < -0.3 is 0 Å². The van der Waals surface area contributed by atoms with Crippen LogP contribution in [0, 0.1) is 0 Å². The van der Waals surface area contributed by atoms with Crippen molar-refractivity contribution in [3.63, 3.8) is 0 Å². The Hall–Kier alpha value is -3.54. The van der Waals surface area contributed by atoms with Gasteiger partial charge in [-0.05, 0) is 0 Å². The van der Waals surface area contributed by atoms with Crippen LogP contribution in [-0.4, -0.2) is 133 Å². The number of hydrogen-bond donors (Lipinski definition) is 0. The van der Waals surface area contributed by atoms with Gasteiger partial charge in [0.05, 0.1) is 0 Å². The molecule has 0 aromatic carbocycles. The summed E-state index contributed by atoms with van der Waals surface area (Å²) in [7, 11) is 0. The molecule has 0 rings (SSSR count). The van der Waals surface area contributed by atoms with Crippen LogP contribution in [0.5, 0.6) is 0 Å². The highest BCUT2D eigenvalue weighted by Gasteiger charge is 2.91. The first-order valence-corrected chi connectivity index (χ1v) is 15.2. The van der Waals surface area contributed by atoms with Gasteiger partial charge in [-0.1, -0.05) is 0 Å². The Bertz CT molecular complexity index is 1850. The molecule has 0 bridgehead atoms. The van der Waals surface area contributed by atoms with Crippen LogP contribution in [0.3, 0.4) is 0 Å². The standard InChI is InChI=1S/C22F46O8/c23-1(24,7(31,32)33)15(55,56)69-3(27,9(37,38)39)17(59,60)71-5(29,11(43,44)45)19(63,64)73-21(67,13(49,50)51)75-76-22(68,14(52,53)54)74-20(65,66)6(30,12(46,47)48)72-18(61,62)4(28,10(40,41)42)70-16(57,58)2(25,26)8(34,35)36. The van der Waals surface area contributed by atoms with Crippen molar-refractivity contribution in [2.24, 2.45) is 0 Å². The van der Waals surface area contributed by atoms with E-state index in [-0.39, 0.29) is 0 Å². The molecular weight excluding hydrogens is 1270 g/mol. The van der Waals surface area contributed by atoms with Crippen molar-refractivity contribution >= 4 is 0 Å². The highest BCUT2D eigenvalue weighted by atomic mass is 19.5. The Morgan fingerprint density at radius 3 is 0.421 bits per heavy atom. The zero-order chi connectivity index (χ0) is 62.7. The number of rotatable bonds is 21. The van der Waals surface area contributed by atoms with E-state index in [4.69, 9.17) is 0 Å². The van der Waals surface area contributed by atoms with Gasteiger partial charge in [0.15, 0.2) is 0 Å². The molecule has 0 amide bonds. The van der Waals surface area contributed by atoms with Crippen molar-refractivity contribution < 1.29 is 240 Å². The zero-order valence-electron chi connectivity index (χ0n) is 31.7. The lowest BCUT2D eigenvalue weighted by Gasteiger charge is -2.43. The predicted octanol–water partition coefficient (Wildman–Crippen LogP) is 14.3. The summed E-state index contributed by atoms with van der Waals surface area (Å²) in [6, 6.07) is -18.1. The van der Waals surface area contributed by atoms with E-state index in [1.54, 1.807) is 0 Å². The third-order valence-electron chi connectivity index (χ3n) is 6.93. The van der Waals surface area contributed by atoms with E-state index in [2.05, 4.69) is 0 Å². The topological polar surface area (TPSA) is 73.8 Å². The lowest BCUT2D eigenvalue weighted by molar-refractivity contribution is -0.664. The molecule has 0 radical (unpaired) electrons. The fraction of sp³-hybridized carbons (Fsp3) is 1.00. The first-order chi connectivity index (χ1) is 31.9. The summed E-state index contributed by atoms with van der Waals surface area (Å²) in [5, 5.41) is 0. The lowest BCUT2D eigenvalue weighted by atomic mass is 10.2. The van der Waals surface area contributed by atoms with Crippen molar-refractivity contribution in [1.29, 1.82) is 0 Å². The van der Waals surface area contributed by atoms with Crippen LogP contribution in [0.15, 0.2) is 0 Å². The van der Waals surface area contributed by atoms with Gasteiger partial charge in [-0.3, -0.25) is 18.9 Å². The molecule has 458 valence electrons. The van der Waals surface area contributed by atoms with Crippen molar-refractivity contribution in [3.8, 4) is 0 Å². The maximum absolute atomic E-state index is 14.6. The van der Waals surface area contributed by atoms with Crippen molar-refractivity contribution in [2.75, 3.05) is 0 Å². The quantitative estimate of drug-likeness (QED) is 0.0487. The van der Waals surface area contributed by atoms with E-state index in [9.17, 15) is 202 Å². The average Bonchev–Trinajstić information content (AvgIpc) is 3.08. The van der Waals surface area contributed by atoms with Crippen molar-refractivity contribution in [2.45, 2.75) is 133 Å². The Balaban J connectivity index is 8.03. The third-order valence-corrected chi connectivity index (χ3v) is 6.93. The second-order valence-corrected chi connectivity index (χ2v) is 12.5. The van der Waals surface area contributed by atoms with Gasteiger partial charge in [-0.25, -0.2) is 9.47 Å². The second kappa shape index (κ2) is 19.1. The molecule has 0 fully saturated rings. The molecule has 0 saturated carbocycles. The molecular formula is C22F46O8. The van der Waals surface area contributed by atoms with Crippen LogP contribution in [0.1, 0.15) is 0 Å². The highest BCUT2D eigenvalue weighted by Crippen LogP contribution is 2.62. The summed E-state index contributed by atoms with van der Waals surface area (Å²) >= 11 is 0. The average molecular weight is 1270 g/mol. The van der Waals surface area contributed by atoms with Crippen LogP contribution < -0.4 is 0 Å². The van der Waals surface area contributed by atoms with Gasteiger partial charge in [-0.15, -0.1) is 0 Å². The number of alkyl halides is 46. The van der Waals surface area contributed by atoms with Crippen molar-refractivity contribution in [3.05, 3.63) is 0 Å². The minimum absolute atomic E-state index is 0.681. The first kappa shape index (κ1) is 72.5. The van der Waals surface area contributed by atoms with Gasteiger partial charge in [-0.2, -0.15) is 212 Å². The molecule has 0 aliphatic rings. The van der Waals surface area contributed by atoms with E-state index in [0.29, 0.717) is 9.47 Å². The molecule has 0 aliphatic heterocycles. The monoisotopic (exact) mass is 1270 g/mol. The summed E-state index contributed by atoms with van der Waals surface area (Å²) in [5.41, 5.74) is 0. The molecule has 0 N–H and O–H groups in total. The van der Waals surface area contributed by atoms with E-state index in [1.807, 2.05) is 0 Å². The molecule has 0 aliphatic carbocycles. The summed E-state index contributed by atoms with van der Waals surface area (Å²) in [6.45, 7) is 0. The minimum atomic E-state index is -9.61. The van der Waals surface area contributed by atoms with Gasteiger partial charge in [0.25, 0.3) is 0 Å². The SMILES string of the molecule is FC(F)(F)C(F)(OOC(F)(OC(F)(F)C(F)(OC(F)(F)C(F)(OC(F)(F)C(F)(F)C(F)(F)F)C(F)(F)F)C(F)(F)F)C(F)(F)F)OC(F)(F)C(F)(OC(F)(F)C(F)(OC(F)(F)C(F)(F)C(F)(F)F)C(F)(F)F)C(F)(F)F. The summed E-state index contributed by atoms with van der Waals surface area (Å²) in [5.74, 6) is -55.2. The molecule has 0 aromatic rings. The minimum Gasteiger partial charge on any atom is -0.263 e. The fourth-order valence-corrected chi connectivity index (χ4v) is 3.24. The third kappa shape index (κ3) is 12.4. The second-order valence-electron chi connectivity index (χ2n) is 12.5. The fourth-order valence-electron chi connectivity index (χ4n) is 3.24. The molecule has 0 saturated heterocycles. The Morgan fingerprint density at radius 1 is 0.145 bits per heavy atom. The van der Waals surface area contributed by atoms with E-state index in [0.717, 1.165) is 28.7 Å². The number of ether oxygens (including phenoxy) is 6. The summed E-state index contributed by atoms with van der Waals surface area (Å²) in [4.78, 5) is 2.03. The molecule has 0 heterocycles. The molecule has 0 spiro atoms. The van der Waals surface area contributed by atoms with Gasteiger partial charge in [0.2, 0.25) is 0 Å². The van der Waals surface area contributed by atoms with E-state index >= 15 is 0 Å². The van der Waals surface area contributed by atoms with Crippen LogP contribution in [-0.2, 0) is 38.2 Å². The van der Waals surface area contributed by atoms with Crippen LogP contribution in [0.4, 0.5) is 202 Å². The molecule has 0 aromatic heterocycles. The Kier molecular flexibility index (Phi) is 18.2. The molecule has 54 heteroatoms. The van der Waals surface area contributed by atoms with E-state index in [1.165, 1.54) is 0 Å². The largest absolute Gasteiger partial charge is 0.480 e.